The topological polar surface area (TPSA) is 65.4 Å². The van der Waals surface area contributed by atoms with E-state index in [1.54, 1.807) is 18.9 Å². The van der Waals surface area contributed by atoms with Crippen molar-refractivity contribution in [1.82, 2.24) is 15.1 Å². The van der Waals surface area contributed by atoms with Crippen molar-refractivity contribution in [2.45, 2.75) is 39.8 Å². The quantitative estimate of drug-likeness (QED) is 0.816. The van der Waals surface area contributed by atoms with Gasteiger partial charge in [-0.2, -0.15) is 5.10 Å². The number of amides is 1. The molecule has 0 fully saturated rings. The van der Waals surface area contributed by atoms with Gasteiger partial charge in [-0.15, -0.1) is 0 Å². The lowest BCUT2D eigenvalue weighted by Gasteiger charge is -2.18. The average Bonchev–Trinajstić information content (AvgIpc) is 2.86. The largest absolute Gasteiger partial charge is 0.497 e. The number of methoxy groups -OCH3 is 2. The smallest absolute Gasteiger partial charge is 0.222 e. The highest BCUT2D eigenvalue weighted by molar-refractivity contribution is 6.31. The molecule has 0 spiro atoms. The summed E-state index contributed by atoms with van der Waals surface area (Å²) in [5, 5.41) is 7.97. The fraction of sp³-hybridized carbons (Fsp3) is 0.444. The van der Waals surface area contributed by atoms with Gasteiger partial charge in [0, 0.05) is 12.0 Å². The molecule has 1 aromatic heterocycles. The Morgan fingerprint density at radius 3 is 2.60 bits per heavy atom. The maximum atomic E-state index is 12.3. The minimum absolute atomic E-state index is 0.0685. The molecular weight excluding hydrogens is 342 g/mol. The minimum Gasteiger partial charge on any atom is -0.497 e. The first-order valence-electron chi connectivity index (χ1n) is 8.08. The van der Waals surface area contributed by atoms with Crippen LogP contribution in [0.15, 0.2) is 18.2 Å². The Kier molecular flexibility index (Phi) is 6.31. The predicted molar refractivity (Wildman–Crippen MR) is 97.4 cm³/mol. The zero-order chi connectivity index (χ0) is 18.6. The molecule has 136 valence electrons. The van der Waals surface area contributed by atoms with Crippen LogP contribution in [0.25, 0.3) is 0 Å². The van der Waals surface area contributed by atoms with Crippen molar-refractivity contribution in [2.24, 2.45) is 0 Å². The van der Waals surface area contributed by atoms with E-state index < -0.39 is 0 Å². The maximum Gasteiger partial charge on any atom is 0.222 e. The number of benzene rings is 1. The summed E-state index contributed by atoms with van der Waals surface area (Å²) in [5.41, 5.74) is 2.51. The van der Waals surface area contributed by atoms with Gasteiger partial charge in [-0.1, -0.05) is 11.6 Å². The van der Waals surface area contributed by atoms with Crippen LogP contribution in [0.4, 0.5) is 0 Å². The number of aryl methyl sites for hydroxylation is 2. The minimum atomic E-state index is -0.207. The number of carbonyl (C=O) groups is 1. The van der Waals surface area contributed by atoms with Gasteiger partial charge in [-0.3, -0.25) is 9.48 Å². The molecule has 1 unspecified atom stereocenters. The van der Waals surface area contributed by atoms with E-state index in [-0.39, 0.29) is 11.9 Å². The van der Waals surface area contributed by atoms with Crippen molar-refractivity contribution >= 4 is 17.5 Å². The molecule has 7 heteroatoms. The number of hydrogen-bond acceptors (Lipinski definition) is 4. The first-order valence-corrected chi connectivity index (χ1v) is 8.46. The van der Waals surface area contributed by atoms with Crippen molar-refractivity contribution in [3.8, 4) is 11.5 Å². The van der Waals surface area contributed by atoms with Crippen LogP contribution in [0.1, 0.15) is 36.3 Å². The number of nitrogens with one attached hydrogen (secondary N) is 1. The third-order valence-corrected chi connectivity index (χ3v) is 4.67. The van der Waals surface area contributed by atoms with Gasteiger partial charge < -0.3 is 14.8 Å². The van der Waals surface area contributed by atoms with E-state index in [1.807, 2.05) is 39.0 Å². The van der Waals surface area contributed by atoms with Gasteiger partial charge in [-0.05, 0) is 39.0 Å². The number of rotatable bonds is 7. The highest BCUT2D eigenvalue weighted by Crippen LogP contribution is 2.29. The number of nitrogens with zero attached hydrogens (tertiary/aromatic N) is 2. The Morgan fingerprint density at radius 2 is 2.04 bits per heavy atom. The maximum absolute atomic E-state index is 12.3. The number of aromatic nitrogens is 2. The van der Waals surface area contributed by atoms with Crippen molar-refractivity contribution in [3.63, 3.8) is 0 Å². The fourth-order valence-corrected chi connectivity index (χ4v) is 2.80. The van der Waals surface area contributed by atoms with Gasteiger partial charge in [0.1, 0.15) is 11.5 Å². The summed E-state index contributed by atoms with van der Waals surface area (Å²) in [7, 11) is 3.21. The summed E-state index contributed by atoms with van der Waals surface area (Å²) >= 11 is 6.13. The molecular formula is C18H24ClN3O3. The number of hydrogen-bond donors (Lipinski definition) is 1. The first kappa shape index (κ1) is 19.1. The van der Waals surface area contributed by atoms with Gasteiger partial charge in [-0.25, -0.2) is 0 Å². The summed E-state index contributed by atoms with van der Waals surface area (Å²) < 4.78 is 12.4. The fourth-order valence-electron chi connectivity index (χ4n) is 2.67. The summed E-state index contributed by atoms with van der Waals surface area (Å²) in [6, 6.07) is 5.31. The molecule has 1 atom stereocenters. The monoisotopic (exact) mass is 365 g/mol. The second-order valence-electron chi connectivity index (χ2n) is 5.86. The Balaban J connectivity index is 2.01. The normalized spacial score (nSPS) is 11.9. The SMILES string of the molecule is COc1ccc(OC)c(C(C)NC(=O)CCn2nc(C)c(Cl)c2C)c1. The summed E-state index contributed by atoms with van der Waals surface area (Å²) in [5.74, 6) is 1.36. The molecule has 1 N–H and O–H groups in total. The number of ether oxygens (including phenoxy) is 2. The van der Waals surface area contributed by atoms with Crippen molar-refractivity contribution in [2.75, 3.05) is 14.2 Å². The molecule has 6 nitrogen and oxygen atoms in total. The van der Waals surface area contributed by atoms with E-state index in [0.717, 1.165) is 17.0 Å². The third-order valence-electron chi connectivity index (χ3n) is 4.12. The standard InChI is InChI=1S/C18H24ClN3O3/c1-11(15-10-14(24-4)6-7-16(15)25-5)20-17(23)8-9-22-13(3)18(19)12(2)21-22/h6-7,10-11H,8-9H2,1-5H3,(H,20,23). The summed E-state index contributed by atoms with van der Waals surface area (Å²) in [4.78, 5) is 12.3. The lowest BCUT2D eigenvalue weighted by Crippen LogP contribution is -2.28. The van der Waals surface area contributed by atoms with Crippen molar-refractivity contribution in [1.29, 1.82) is 0 Å². The zero-order valence-electron chi connectivity index (χ0n) is 15.2. The Bertz CT molecular complexity index is 758. The van der Waals surface area contributed by atoms with Gasteiger partial charge in [0.05, 0.1) is 43.2 Å². The van der Waals surface area contributed by atoms with E-state index in [2.05, 4.69) is 10.4 Å². The van der Waals surface area contributed by atoms with E-state index >= 15 is 0 Å². The highest BCUT2D eigenvalue weighted by Gasteiger charge is 2.16. The Morgan fingerprint density at radius 1 is 1.32 bits per heavy atom. The average molecular weight is 366 g/mol. The van der Waals surface area contributed by atoms with Gasteiger partial charge >= 0.3 is 0 Å². The Hall–Kier alpha value is -2.21. The Labute approximate surface area is 153 Å². The second-order valence-corrected chi connectivity index (χ2v) is 6.23. The van der Waals surface area contributed by atoms with Gasteiger partial charge in [0.25, 0.3) is 0 Å². The molecule has 1 aromatic carbocycles. The number of halogens is 1. The molecule has 0 aliphatic heterocycles. The van der Waals surface area contributed by atoms with Crippen LogP contribution in [-0.4, -0.2) is 29.9 Å². The number of carbonyl (C=O) groups excluding carboxylic acids is 1. The first-order chi connectivity index (χ1) is 11.9. The molecule has 1 amide bonds. The van der Waals surface area contributed by atoms with Crippen molar-refractivity contribution in [3.05, 3.63) is 40.2 Å². The summed E-state index contributed by atoms with van der Waals surface area (Å²) in [6.45, 7) is 6.13. The van der Waals surface area contributed by atoms with Gasteiger partial charge in [0.2, 0.25) is 5.91 Å². The molecule has 2 aromatic rings. The van der Waals surface area contributed by atoms with Crippen LogP contribution in [0.2, 0.25) is 5.02 Å². The van der Waals surface area contributed by atoms with Crippen molar-refractivity contribution < 1.29 is 14.3 Å². The van der Waals surface area contributed by atoms with Crippen LogP contribution < -0.4 is 14.8 Å². The lowest BCUT2D eigenvalue weighted by atomic mass is 10.1. The molecule has 0 saturated heterocycles. The lowest BCUT2D eigenvalue weighted by molar-refractivity contribution is -0.122. The highest BCUT2D eigenvalue weighted by atomic mass is 35.5. The molecule has 0 aliphatic carbocycles. The van der Waals surface area contributed by atoms with Crippen LogP contribution in [0.3, 0.4) is 0 Å². The third kappa shape index (κ3) is 4.45. The summed E-state index contributed by atoms with van der Waals surface area (Å²) in [6.07, 6.45) is 0.314. The molecule has 0 aliphatic rings. The molecule has 0 bridgehead atoms. The van der Waals surface area contributed by atoms with Crippen LogP contribution in [0.5, 0.6) is 11.5 Å². The van der Waals surface area contributed by atoms with Gasteiger partial charge in [0.15, 0.2) is 0 Å². The van der Waals surface area contributed by atoms with E-state index in [1.165, 1.54) is 0 Å². The van der Waals surface area contributed by atoms with E-state index in [0.29, 0.717) is 29.5 Å². The molecule has 0 saturated carbocycles. The second kappa shape index (κ2) is 8.25. The van der Waals surface area contributed by atoms with Crippen LogP contribution in [-0.2, 0) is 11.3 Å². The van der Waals surface area contributed by atoms with Crippen LogP contribution >= 0.6 is 11.6 Å². The zero-order valence-corrected chi connectivity index (χ0v) is 16.0. The molecule has 1 heterocycles. The van der Waals surface area contributed by atoms with Crippen LogP contribution in [0, 0.1) is 13.8 Å². The predicted octanol–water partition coefficient (Wildman–Crippen LogP) is 3.44. The molecule has 0 radical (unpaired) electrons. The van der Waals surface area contributed by atoms with E-state index in [4.69, 9.17) is 21.1 Å². The van der Waals surface area contributed by atoms with E-state index in [9.17, 15) is 4.79 Å². The molecule has 2 rings (SSSR count). The molecule has 25 heavy (non-hydrogen) atoms.